The lowest BCUT2D eigenvalue weighted by molar-refractivity contribution is -0.113. The van der Waals surface area contributed by atoms with Crippen LogP contribution in [0.15, 0.2) is 34.2 Å². The summed E-state index contributed by atoms with van der Waals surface area (Å²) in [5.74, 6) is -0.287. The number of benzene rings is 1. The monoisotopic (exact) mass is 388 g/mol. The number of aromatic amines is 1. The zero-order valence-corrected chi connectivity index (χ0v) is 14.7. The van der Waals surface area contributed by atoms with Crippen molar-refractivity contribution in [1.82, 2.24) is 14.8 Å². The number of ether oxygens (including phenoxy) is 2. The SMILES string of the molecule is COCCCn1c(SCC(=O)Nc2ccc(OC(F)F)cc2)n[nH]c1=O. The van der Waals surface area contributed by atoms with Gasteiger partial charge < -0.3 is 14.8 Å². The van der Waals surface area contributed by atoms with Crippen LogP contribution in [-0.4, -0.2) is 46.8 Å². The second-order valence-corrected chi connectivity index (χ2v) is 5.99. The third kappa shape index (κ3) is 6.15. The number of carbonyl (C=O) groups excluding carboxylic acids is 1. The number of methoxy groups -OCH3 is 1. The van der Waals surface area contributed by atoms with E-state index < -0.39 is 6.61 Å². The van der Waals surface area contributed by atoms with Crippen LogP contribution in [-0.2, 0) is 16.1 Å². The van der Waals surface area contributed by atoms with Crippen molar-refractivity contribution in [1.29, 1.82) is 0 Å². The van der Waals surface area contributed by atoms with Crippen LogP contribution in [0.25, 0.3) is 0 Å². The van der Waals surface area contributed by atoms with Crippen molar-refractivity contribution in [3.63, 3.8) is 0 Å². The van der Waals surface area contributed by atoms with Gasteiger partial charge in [-0.05, 0) is 30.7 Å². The Hall–Kier alpha value is -2.40. The maximum absolute atomic E-state index is 12.1. The first-order chi connectivity index (χ1) is 12.5. The van der Waals surface area contributed by atoms with Crippen LogP contribution in [0.3, 0.4) is 0 Å². The molecule has 0 atom stereocenters. The molecule has 0 unspecified atom stereocenters. The molecule has 0 fully saturated rings. The Morgan fingerprint density at radius 3 is 2.77 bits per heavy atom. The van der Waals surface area contributed by atoms with Crippen LogP contribution >= 0.6 is 11.8 Å². The van der Waals surface area contributed by atoms with Crippen LogP contribution < -0.4 is 15.7 Å². The van der Waals surface area contributed by atoms with Crippen LogP contribution in [0.2, 0.25) is 0 Å². The summed E-state index contributed by atoms with van der Waals surface area (Å²) < 4.78 is 34.8. The van der Waals surface area contributed by atoms with E-state index in [2.05, 4.69) is 20.3 Å². The average molecular weight is 388 g/mol. The number of hydrogen-bond acceptors (Lipinski definition) is 6. The average Bonchev–Trinajstić information content (AvgIpc) is 2.95. The van der Waals surface area contributed by atoms with Gasteiger partial charge in [0.2, 0.25) is 5.91 Å². The van der Waals surface area contributed by atoms with Crippen LogP contribution in [0.1, 0.15) is 6.42 Å². The van der Waals surface area contributed by atoms with E-state index >= 15 is 0 Å². The molecule has 26 heavy (non-hydrogen) atoms. The van der Waals surface area contributed by atoms with Gasteiger partial charge in [0.25, 0.3) is 0 Å². The van der Waals surface area contributed by atoms with Crippen molar-refractivity contribution >= 4 is 23.4 Å². The highest BCUT2D eigenvalue weighted by Crippen LogP contribution is 2.19. The third-order valence-electron chi connectivity index (χ3n) is 3.15. The standard InChI is InChI=1S/C15H18F2N4O4S/c1-24-8-2-7-21-14(23)19-20-15(21)26-9-12(22)18-10-3-5-11(6-4-10)25-13(16)17/h3-6,13H,2,7-9H2,1H3,(H,18,22)(H,19,23). The molecule has 0 aliphatic carbocycles. The zero-order chi connectivity index (χ0) is 18.9. The first kappa shape index (κ1) is 19.9. The molecule has 0 saturated heterocycles. The van der Waals surface area contributed by atoms with Crippen molar-refractivity contribution in [3.8, 4) is 5.75 Å². The number of nitrogens with one attached hydrogen (secondary N) is 2. The van der Waals surface area contributed by atoms with E-state index in [1.807, 2.05) is 0 Å². The van der Waals surface area contributed by atoms with E-state index in [0.29, 0.717) is 30.4 Å². The predicted molar refractivity (Wildman–Crippen MR) is 91.8 cm³/mol. The van der Waals surface area contributed by atoms with Gasteiger partial charge in [-0.15, -0.1) is 5.10 Å². The second-order valence-electron chi connectivity index (χ2n) is 5.05. The molecule has 2 aromatic rings. The van der Waals surface area contributed by atoms with Crippen molar-refractivity contribution in [2.45, 2.75) is 24.7 Å². The van der Waals surface area contributed by atoms with Crippen LogP contribution in [0, 0.1) is 0 Å². The molecule has 2 N–H and O–H groups in total. The van der Waals surface area contributed by atoms with Crippen molar-refractivity contribution in [2.24, 2.45) is 0 Å². The molecule has 1 heterocycles. The van der Waals surface area contributed by atoms with Crippen molar-refractivity contribution < 1.29 is 23.0 Å². The van der Waals surface area contributed by atoms with Gasteiger partial charge in [-0.2, -0.15) is 8.78 Å². The number of amides is 1. The molecule has 0 saturated carbocycles. The van der Waals surface area contributed by atoms with Crippen LogP contribution in [0.5, 0.6) is 5.75 Å². The molecule has 0 aliphatic heterocycles. The van der Waals surface area contributed by atoms with E-state index in [-0.39, 0.29) is 23.1 Å². The van der Waals surface area contributed by atoms with Crippen molar-refractivity contribution in [2.75, 3.05) is 24.8 Å². The highest BCUT2D eigenvalue weighted by atomic mass is 32.2. The Morgan fingerprint density at radius 2 is 2.12 bits per heavy atom. The molecule has 11 heteroatoms. The van der Waals surface area contributed by atoms with Gasteiger partial charge in [-0.3, -0.25) is 9.36 Å². The number of carbonyl (C=O) groups is 1. The zero-order valence-electron chi connectivity index (χ0n) is 13.9. The minimum Gasteiger partial charge on any atom is -0.435 e. The first-order valence-electron chi connectivity index (χ1n) is 7.61. The number of aromatic nitrogens is 3. The summed E-state index contributed by atoms with van der Waals surface area (Å²) in [7, 11) is 1.57. The molecule has 0 bridgehead atoms. The van der Waals surface area contributed by atoms with E-state index in [0.717, 1.165) is 11.8 Å². The van der Waals surface area contributed by atoms with Gasteiger partial charge in [0, 0.05) is 25.9 Å². The molecular weight excluding hydrogens is 370 g/mol. The van der Waals surface area contributed by atoms with Gasteiger partial charge in [0.1, 0.15) is 5.75 Å². The molecule has 1 amide bonds. The Morgan fingerprint density at radius 1 is 1.38 bits per heavy atom. The largest absolute Gasteiger partial charge is 0.435 e. The van der Waals surface area contributed by atoms with Gasteiger partial charge >= 0.3 is 12.3 Å². The number of thioether (sulfide) groups is 1. The van der Waals surface area contributed by atoms with Crippen molar-refractivity contribution in [3.05, 3.63) is 34.7 Å². The lowest BCUT2D eigenvalue weighted by atomic mass is 10.3. The van der Waals surface area contributed by atoms with Crippen LogP contribution in [0.4, 0.5) is 14.5 Å². The smallest absolute Gasteiger partial charge is 0.387 e. The predicted octanol–water partition coefficient (Wildman–Crippen LogP) is 1.94. The molecule has 0 radical (unpaired) electrons. The lowest BCUT2D eigenvalue weighted by Gasteiger charge is -2.08. The minimum absolute atomic E-state index is 0.00368. The fourth-order valence-electron chi connectivity index (χ4n) is 2.02. The Labute approximate surface area is 151 Å². The van der Waals surface area contributed by atoms with Gasteiger partial charge in [-0.1, -0.05) is 11.8 Å². The third-order valence-corrected chi connectivity index (χ3v) is 4.13. The minimum atomic E-state index is -2.90. The molecule has 142 valence electrons. The molecular formula is C15H18F2N4O4S. The summed E-state index contributed by atoms with van der Waals surface area (Å²) in [6, 6.07) is 5.57. The topological polar surface area (TPSA) is 98.2 Å². The van der Waals surface area contributed by atoms with E-state index in [4.69, 9.17) is 4.74 Å². The molecule has 0 spiro atoms. The van der Waals surface area contributed by atoms with Gasteiger partial charge in [0.05, 0.1) is 5.75 Å². The summed E-state index contributed by atoms with van der Waals surface area (Å²) >= 11 is 1.11. The molecule has 1 aromatic heterocycles. The highest BCUT2D eigenvalue weighted by molar-refractivity contribution is 7.99. The maximum atomic E-state index is 12.1. The van der Waals surface area contributed by atoms with Gasteiger partial charge in [-0.25, -0.2) is 9.89 Å². The summed E-state index contributed by atoms with van der Waals surface area (Å²) in [6.07, 6.45) is 0.642. The quantitative estimate of drug-likeness (QED) is 0.477. The Kier molecular flexibility index (Phi) is 7.60. The van der Waals surface area contributed by atoms with Gasteiger partial charge in [0.15, 0.2) is 5.16 Å². The summed E-state index contributed by atoms with van der Waals surface area (Å²) in [4.78, 5) is 23.7. The number of H-pyrrole nitrogens is 1. The summed E-state index contributed by atoms with van der Waals surface area (Å²) in [5, 5.41) is 9.27. The number of hydrogen-bond donors (Lipinski definition) is 2. The van der Waals surface area contributed by atoms with E-state index in [1.165, 1.54) is 28.8 Å². The summed E-state index contributed by atoms with van der Waals surface area (Å²) in [5.41, 5.74) is 0.0929. The maximum Gasteiger partial charge on any atom is 0.387 e. The number of rotatable bonds is 10. The second kappa shape index (κ2) is 9.92. The number of halogens is 2. The number of anilines is 1. The van der Waals surface area contributed by atoms with E-state index in [9.17, 15) is 18.4 Å². The normalized spacial score (nSPS) is 10.9. The number of alkyl halides is 2. The fourth-order valence-corrected chi connectivity index (χ4v) is 2.80. The molecule has 1 aromatic carbocycles. The first-order valence-corrected chi connectivity index (χ1v) is 8.60. The molecule has 2 rings (SSSR count). The fraction of sp³-hybridized carbons (Fsp3) is 0.400. The lowest BCUT2D eigenvalue weighted by Crippen LogP contribution is -2.19. The summed E-state index contributed by atoms with van der Waals surface area (Å²) in [6.45, 7) is -1.96. The number of nitrogens with zero attached hydrogens (tertiary/aromatic N) is 2. The Balaban J connectivity index is 1.86. The molecule has 0 aliphatic rings. The van der Waals surface area contributed by atoms with E-state index in [1.54, 1.807) is 7.11 Å². The highest BCUT2D eigenvalue weighted by Gasteiger charge is 2.12. The molecule has 8 nitrogen and oxygen atoms in total. The Bertz CT molecular complexity index is 764.